The van der Waals surface area contributed by atoms with E-state index in [2.05, 4.69) is 45.7 Å². The van der Waals surface area contributed by atoms with Crippen LogP contribution in [0, 0.1) is 0 Å². The molecule has 0 aliphatic carbocycles. The number of likely N-dealkylation sites (tertiary alicyclic amines) is 1. The SMILES string of the molecule is CSc1ccccc1NC(=O)C(=O)NCC(c1ccc2c(c1)CCN2C)N1CCCC1. The number of carbonyl (C=O) groups is 2. The van der Waals surface area contributed by atoms with E-state index in [9.17, 15) is 9.59 Å². The Hall–Kier alpha value is -2.51. The van der Waals surface area contributed by atoms with Crippen LogP contribution in [0.4, 0.5) is 11.4 Å². The van der Waals surface area contributed by atoms with E-state index < -0.39 is 11.8 Å². The first kappa shape index (κ1) is 21.7. The van der Waals surface area contributed by atoms with Crippen molar-refractivity contribution in [3.05, 3.63) is 53.6 Å². The van der Waals surface area contributed by atoms with Crippen LogP contribution >= 0.6 is 11.8 Å². The normalized spacial score (nSPS) is 16.8. The zero-order valence-electron chi connectivity index (χ0n) is 18.2. The van der Waals surface area contributed by atoms with Crippen LogP contribution in [0.15, 0.2) is 47.4 Å². The average molecular weight is 439 g/mol. The van der Waals surface area contributed by atoms with E-state index in [0.717, 1.165) is 31.0 Å². The maximum Gasteiger partial charge on any atom is 0.313 e. The Morgan fingerprint density at radius 2 is 1.84 bits per heavy atom. The van der Waals surface area contributed by atoms with Crippen LogP contribution in [0.25, 0.3) is 0 Å². The molecule has 2 amide bonds. The van der Waals surface area contributed by atoms with Crippen LogP contribution in [0.2, 0.25) is 0 Å². The van der Waals surface area contributed by atoms with E-state index in [-0.39, 0.29) is 6.04 Å². The molecule has 0 bridgehead atoms. The summed E-state index contributed by atoms with van der Waals surface area (Å²) in [4.78, 5) is 30.7. The van der Waals surface area contributed by atoms with Gasteiger partial charge in [0, 0.05) is 30.7 Å². The summed E-state index contributed by atoms with van der Waals surface area (Å²) in [6.45, 7) is 3.50. The second-order valence-corrected chi connectivity index (χ2v) is 9.03. The minimum atomic E-state index is -0.628. The highest BCUT2D eigenvalue weighted by molar-refractivity contribution is 7.98. The minimum absolute atomic E-state index is 0.0777. The Bertz CT molecular complexity index is 958. The molecule has 4 rings (SSSR count). The van der Waals surface area contributed by atoms with Gasteiger partial charge >= 0.3 is 11.8 Å². The van der Waals surface area contributed by atoms with E-state index in [1.807, 2.05) is 30.5 Å². The van der Waals surface area contributed by atoms with Crippen LogP contribution in [0.5, 0.6) is 0 Å². The van der Waals surface area contributed by atoms with E-state index >= 15 is 0 Å². The highest BCUT2D eigenvalue weighted by atomic mass is 32.2. The van der Waals surface area contributed by atoms with Crippen molar-refractivity contribution in [3.63, 3.8) is 0 Å². The molecule has 0 radical (unpaired) electrons. The standard InChI is InChI=1S/C24H30N4O2S/c1-27-14-11-18-15-17(9-10-20(18)27)21(28-12-5-6-13-28)16-25-23(29)24(30)26-19-7-3-4-8-22(19)31-2/h3-4,7-10,15,21H,5-6,11-14,16H2,1-2H3,(H,25,29)(H,26,30). The number of nitrogens with zero attached hydrogens (tertiary/aromatic N) is 2. The van der Waals surface area contributed by atoms with Gasteiger partial charge in [0.15, 0.2) is 0 Å². The summed E-state index contributed by atoms with van der Waals surface area (Å²) >= 11 is 1.53. The fraction of sp³-hybridized carbons (Fsp3) is 0.417. The smallest absolute Gasteiger partial charge is 0.313 e. The van der Waals surface area contributed by atoms with Crippen LogP contribution in [-0.2, 0) is 16.0 Å². The van der Waals surface area contributed by atoms with Crippen molar-refractivity contribution >= 4 is 35.0 Å². The maximum absolute atomic E-state index is 12.6. The van der Waals surface area contributed by atoms with Gasteiger partial charge in [-0.15, -0.1) is 11.8 Å². The predicted molar refractivity (Wildman–Crippen MR) is 127 cm³/mol. The van der Waals surface area contributed by atoms with Crippen molar-refractivity contribution in [2.75, 3.05) is 49.7 Å². The quantitative estimate of drug-likeness (QED) is 0.535. The molecule has 2 N–H and O–H groups in total. The number of anilines is 2. The fourth-order valence-electron chi connectivity index (χ4n) is 4.50. The van der Waals surface area contributed by atoms with Crippen molar-refractivity contribution in [2.45, 2.75) is 30.2 Å². The first-order chi connectivity index (χ1) is 15.1. The first-order valence-corrected chi connectivity index (χ1v) is 12.1. The van der Waals surface area contributed by atoms with E-state index in [4.69, 9.17) is 0 Å². The summed E-state index contributed by atoms with van der Waals surface area (Å²) < 4.78 is 0. The Morgan fingerprint density at radius 1 is 1.06 bits per heavy atom. The Kier molecular flexibility index (Phi) is 6.83. The summed E-state index contributed by atoms with van der Waals surface area (Å²) in [5.41, 5.74) is 4.53. The topological polar surface area (TPSA) is 64.7 Å². The lowest BCUT2D eigenvalue weighted by atomic mass is 10.0. The van der Waals surface area contributed by atoms with Gasteiger partial charge in [-0.2, -0.15) is 0 Å². The molecule has 1 atom stereocenters. The van der Waals surface area contributed by atoms with Crippen molar-refractivity contribution in [1.82, 2.24) is 10.2 Å². The largest absolute Gasteiger partial charge is 0.374 e. The molecule has 0 aromatic heterocycles. The molecule has 2 heterocycles. The molecular weight excluding hydrogens is 408 g/mol. The number of carbonyl (C=O) groups excluding carboxylic acids is 2. The van der Waals surface area contributed by atoms with E-state index in [0.29, 0.717) is 12.2 Å². The van der Waals surface area contributed by atoms with Crippen molar-refractivity contribution in [1.29, 1.82) is 0 Å². The molecule has 1 fully saturated rings. The molecular formula is C24H30N4O2S. The van der Waals surface area contributed by atoms with Crippen molar-refractivity contribution in [2.24, 2.45) is 0 Å². The lowest BCUT2D eigenvalue weighted by Crippen LogP contribution is -2.41. The molecule has 6 nitrogen and oxygen atoms in total. The highest BCUT2D eigenvalue weighted by Crippen LogP contribution is 2.32. The molecule has 7 heteroatoms. The van der Waals surface area contributed by atoms with Gasteiger partial charge in [0.25, 0.3) is 0 Å². The zero-order valence-corrected chi connectivity index (χ0v) is 19.0. The molecule has 2 aliphatic rings. The molecule has 164 valence electrons. The number of nitrogens with one attached hydrogen (secondary N) is 2. The van der Waals surface area contributed by atoms with Gasteiger partial charge in [0.2, 0.25) is 0 Å². The summed E-state index contributed by atoms with van der Waals surface area (Å²) in [6.07, 6.45) is 5.34. The van der Waals surface area contributed by atoms with Gasteiger partial charge in [-0.3, -0.25) is 14.5 Å². The first-order valence-electron chi connectivity index (χ1n) is 10.9. The van der Waals surface area contributed by atoms with Gasteiger partial charge in [0.05, 0.1) is 11.7 Å². The molecule has 0 saturated carbocycles. The summed E-state index contributed by atoms with van der Waals surface area (Å²) in [6, 6.07) is 14.2. The monoisotopic (exact) mass is 438 g/mol. The van der Waals surface area contributed by atoms with Gasteiger partial charge in [-0.1, -0.05) is 24.3 Å². The molecule has 2 aromatic carbocycles. The van der Waals surface area contributed by atoms with Crippen LogP contribution in [-0.4, -0.2) is 56.2 Å². The second kappa shape index (κ2) is 9.75. The van der Waals surface area contributed by atoms with Crippen LogP contribution < -0.4 is 15.5 Å². The van der Waals surface area contributed by atoms with Crippen LogP contribution in [0.3, 0.4) is 0 Å². The molecule has 2 aromatic rings. The number of thioether (sulfide) groups is 1. The number of rotatable bonds is 6. The molecule has 0 spiro atoms. The van der Waals surface area contributed by atoms with Gasteiger partial charge < -0.3 is 15.5 Å². The third kappa shape index (κ3) is 4.88. The molecule has 2 aliphatic heterocycles. The minimum Gasteiger partial charge on any atom is -0.374 e. The van der Waals surface area contributed by atoms with Crippen LogP contribution in [0.1, 0.15) is 30.0 Å². The number of fused-ring (bicyclic) bond motifs is 1. The molecule has 1 saturated heterocycles. The Labute approximate surface area is 188 Å². The lowest BCUT2D eigenvalue weighted by Gasteiger charge is -2.28. The number of amides is 2. The predicted octanol–water partition coefficient (Wildman–Crippen LogP) is 3.29. The summed E-state index contributed by atoms with van der Waals surface area (Å²) in [7, 11) is 2.12. The Morgan fingerprint density at radius 3 is 2.61 bits per heavy atom. The summed E-state index contributed by atoms with van der Waals surface area (Å²) in [5.74, 6) is -1.22. The molecule has 1 unspecified atom stereocenters. The van der Waals surface area contributed by atoms with Gasteiger partial charge in [-0.25, -0.2) is 0 Å². The number of hydrogen-bond donors (Lipinski definition) is 2. The van der Waals surface area contributed by atoms with Gasteiger partial charge in [-0.05, 0) is 67.9 Å². The summed E-state index contributed by atoms with van der Waals surface area (Å²) in [5, 5.41) is 5.62. The Balaban J connectivity index is 1.44. The highest BCUT2D eigenvalue weighted by Gasteiger charge is 2.27. The maximum atomic E-state index is 12.6. The average Bonchev–Trinajstić information content (AvgIpc) is 3.44. The third-order valence-corrected chi connectivity index (χ3v) is 7.01. The lowest BCUT2D eigenvalue weighted by molar-refractivity contribution is -0.136. The van der Waals surface area contributed by atoms with Crippen molar-refractivity contribution in [3.8, 4) is 0 Å². The van der Waals surface area contributed by atoms with E-state index in [1.54, 1.807) is 0 Å². The van der Waals surface area contributed by atoms with Crippen molar-refractivity contribution < 1.29 is 9.59 Å². The van der Waals surface area contributed by atoms with E-state index in [1.165, 1.54) is 41.4 Å². The number of hydrogen-bond acceptors (Lipinski definition) is 5. The fourth-order valence-corrected chi connectivity index (χ4v) is 5.06. The van der Waals surface area contributed by atoms with Gasteiger partial charge in [0.1, 0.15) is 0 Å². The zero-order chi connectivity index (χ0) is 21.8. The number of likely N-dealkylation sites (N-methyl/N-ethyl adjacent to an activating group) is 1. The number of para-hydroxylation sites is 1. The number of benzene rings is 2. The second-order valence-electron chi connectivity index (χ2n) is 8.18. The molecule has 31 heavy (non-hydrogen) atoms. The third-order valence-electron chi connectivity index (χ3n) is 6.21.